The fourth-order valence-electron chi connectivity index (χ4n) is 4.73. The summed E-state index contributed by atoms with van der Waals surface area (Å²) < 4.78 is 1.49. The summed E-state index contributed by atoms with van der Waals surface area (Å²) in [6.07, 6.45) is 1.98. The van der Waals surface area contributed by atoms with E-state index < -0.39 is 11.2 Å². The molecule has 190 valence electrons. The van der Waals surface area contributed by atoms with Crippen molar-refractivity contribution in [3.05, 3.63) is 38.2 Å². The second-order valence-corrected chi connectivity index (χ2v) is 9.97. The number of likely N-dealkylation sites (N-methyl/N-ethyl adjacent to an activating group) is 1. The van der Waals surface area contributed by atoms with Crippen molar-refractivity contribution in [3.8, 4) is 0 Å². The number of H-pyrrole nitrogens is 1. The zero-order chi connectivity index (χ0) is 25.3. The second kappa shape index (κ2) is 10.3. The maximum Gasteiger partial charge on any atom is 0.330 e. The van der Waals surface area contributed by atoms with E-state index in [0.29, 0.717) is 63.6 Å². The standard InChI is InChI=1S/C25H36N6O4/c1-5-29(6-2)20(32)15-28-9-11-30(12-10-28)24(34)18-13-19(17-7-8-17)26-22-21(18)23(33)27-25(35)31(22)14-16(3)4/h13,16-17H,5-12,14-15H2,1-4H3,(H,27,33,35). The van der Waals surface area contributed by atoms with Crippen LogP contribution in [0.1, 0.15) is 62.5 Å². The number of rotatable bonds is 8. The van der Waals surface area contributed by atoms with Crippen LogP contribution in [0.25, 0.3) is 11.0 Å². The molecule has 1 aliphatic heterocycles. The van der Waals surface area contributed by atoms with E-state index in [2.05, 4.69) is 9.88 Å². The van der Waals surface area contributed by atoms with E-state index in [1.165, 1.54) is 4.57 Å². The molecule has 2 aromatic heterocycles. The normalized spacial score (nSPS) is 16.8. The Morgan fingerprint density at radius 3 is 2.34 bits per heavy atom. The first kappa shape index (κ1) is 25.1. The first-order valence-electron chi connectivity index (χ1n) is 12.7. The molecule has 0 spiro atoms. The zero-order valence-electron chi connectivity index (χ0n) is 21.2. The van der Waals surface area contributed by atoms with Crippen LogP contribution in [-0.4, -0.2) is 86.9 Å². The smallest absolute Gasteiger partial charge is 0.330 e. The number of aromatic nitrogens is 3. The van der Waals surface area contributed by atoms with E-state index >= 15 is 0 Å². The number of hydrogen-bond acceptors (Lipinski definition) is 6. The van der Waals surface area contributed by atoms with Gasteiger partial charge in [0.1, 0.15) is 0 Å². The second-order valence-electron chi connectivity index (χ2n) is 9.97. The van der Waals surface area contributed by atoms with Crippen LogP contribution < -0.4 is 11.2 Å². The molecule has 0 unspecified atom stereocenters. The van der Waals surface area contributed by atoms with Gasteiger partial charge in [-0.3, -0.25) is 28.8 Å². The van der Waals surface area contributed by atoms with Gasteiger partial charge in [-0.25, -0.2) is 9.78 Å². The molecule has 2 fully saturated rings. The Balaban J connectivity index is 1.62. The van der Waals surface area contributed by atoms with Gasteiger partial charge in [-0.15, -0.1) is 0 Å². The summed E-state index contributed by atoms with van der Waals surface area (Å²) in [6.45, 7) is 12.1. The van der Waals surface area contributed by atoms with E-state index in [1.807, 2.05) is 32.6 Å². The average Bonchev–Trinajstić information content (AvgIpc) is 3.67. The van der Waals surface area contributed by atoms with Crippen LogP contribution in [0.2, 0.25) is 0 Å². The summed E-state index contributed by atoms with van der Waals surface area (Å²) >= 11 is 0. The molecule has 1 aliphatic carbocycles. The molecule has 0 aromatic carbocycles. The first-order chi connectivity index (χ1) is 16.7. The number of aromatic amines is 1. The highest BCUT2D eigenvalue weighted by Crippen LogP contribution is 2.40. The van der Waals surface area contributed by atoms with Crippen LogP contribution in [0.4, 0.5) is 0 Å². The van der Waals surface area contributed by atoms with Crippen LogP contribution in [0.15, 0.2) is 15.7 Å². The van der Waals surface area contributed by atoms with Crippen molar-refractivity contribution in [2.24, 2.45) is 5.92 Å². The number of piperazine rings is 1. The number of fused-ring (bicyclic) bond motifs is 1. The van der Waals surface area contributed by atoms with Crippen LogP contribution in [0.3, 0.4) is 0 Å². The summed E-state index contributed by atoms with van der Waals surface area (Å²) in [7, 11) is 0. The number of carbonyl (C=O) groups is 2. The predicted molar refractivity (Wildman–Crippen MR) is 134 cm³/mol. The van der Waals surface area contributed by atoms with Gasteiger partial charge in [0.2, 0.25) is 5.91 Å². The van der Waals surface area contributed by atoms with Crippen LogP contribution in [-0.2, 0) is 11.3 Å². The summed E-state index contributed by atoms with van der Waals surface area (Å²) in [6, 6.07) is 1.75. The third-order valence-electron chi connectivity index (χ3n) is 6.88. The summed E-state index contributed by atoms with van der Waals surface area (Å²) in [4.78, 5) is 64.4. The van der Waals surface area contributed by atoms with Gasteiger partial charge in [-0.05, 0) is 38.7 Å². The molecular formula is C25H36N6O4. The highest BCUT2D eigenvalue weighted by Gasteiger charge is 2.31. The lowest BCUT2D eigenvalue weighted by molar-refractivity contribution is -0.132. The van der Waals surface area contributed by atoms with Crippen molar-refractivity contribution < 1.29 is 9.59 Å². The molecule has 0 bridgehead atoms. The Kier molecular flexibility index (Phi) is 7.39. The van der Waals surface area contributed by atoms with Gasteiger partial charge in [0.15, 0.2) is 5.65 Å². The monoisotopic (exact) mass is 484 g/mol. The van der Waals surface area contributed by atoms with Crippen LogP contribution in [0.5, 0.6) is 0 Å². The van der Waals surface area contributed by atoms with E-state index in [-0.39, 0.29) is 29.0 Å². The molecule has 1 saturated heterocycles. The Morgan fingerprint density at radius 2 is 1.77 bits per heavy atom. The predicted octanol–water partition coefficient (Wildman–Crippen LogP) is 1.24. The Morgan fingerprint density at radius 1 is 1.11 bits per heavy atom. The third kappa shape index (κ3) is 5.32. The van der Waals surface area contributed by atoms with Gasteiger partial charge in [0.05, 0.1) is 17.5 Å². The van der Waals surface area contributed by atoms with Crippen LogP contribution >= 0.6 is 0 Å². The number of nitrogens with one attached hydrogen (secondary N) is 1. The van der Waals surface area contributed by atoms with Gasteiger partial charge in [-0.2, -0.15) is 0 Å². The topological polar surface area (TPSA) is 112 Å². The van der Waals surface area contributed by atoms with Crippen molar-refractivity contribution in [2.75, 3.05) is 45.8 Å². The van der Waals surface area contributed by atoms with Gasteiger partial charge in [0, 0.05) is 57.4 Å². The van der Waals surface area contributed by atoms with Gasteiger partial charge in [0.25, 0.3) is 11.5 Å². The van der Waals surface area contributed by atoms with Gasteiger partial charge >= 0.3 is 5.69 Å². The molecule has 2 amide bonds. The number of pyridine rings is 1. The summed E-state index contributed by atoms with van der Waals surface area (Å²) in [5.74, 6) is 0.295. The van der Waals surface area contributed by atoms with Crippen molar-refractivity contribution in [1.82, 2.24) is 29.2 Å². The van der Waals surface area contributed by atoms with Crippen molar-refractivity contribution in [1.29, 1.82) is 0 Å². The van der Waals surface area contributed by atoms with Crippen LogP contribution in [0, 0.1) is 5.92 Å². The molecular weight excluding hydrogens is 448 g/mol. The van der Waals surface area contributed by atoms with E-state index in [4.69, 9.17) is 4.98 Å². The molecule has 35 heavy (non-hydrogen) atoms. The molecule has 0 radical (unpaired) electrons. The number of carbonyl (C=O) groups excluding carboxylic acids is 2. The molecule has 10 heteroatoms. The SMILES string of the molecule is CCN(CC)C(=O)CN1CCN(C(=O)c2cc(C3CC3)nc3c2c(=O)[nH]c(=O)n3CC(C)C)CC1. The molecule has 4 rings (SSSR count). The quantitative estimate of drug-likeness (QED) is 0.604. The third-order valence-corrected chi connectivity index (χ3v) is 6.88. The number of hydrogen-bond donors (Lipinski definition) is 1. The highest BCUT2D eigenvalue weighted by molar-refractivity contribution is 6.05. The van der Waals surface area contributed by atoms with Gasteiger partial charge in [-0.1, -0.05) is 13.8 Å². The van der Waals surface area contributed by atoms with Crippen molar-refractivity contribution in [2.45, 2.75) is 53.0 Å². The number of nitrogens with zero attached hydrogens (tertiary/aromatic N) is 5. The number of amides is 2. The molecule has 3 heterocycles. The lowest BCUT2D eigenvalue weighted by Crippen LogP contribution is -2.51. The zero-order valence-corrected chi connectivity index (χ0v) is 21.2. The first-order valence-corrected chi connectivity index (χ1v) is 12.7. The fraction of sp³-hybridized carbons (Fsp3) is 0.640. The molecule has 2 aliphatic rings. The van der Waals surface area contributed by atoms with Crippen molar-refractivity contribution >= 4 is 22.8 Å². The Bertz CT molecular complexity index is 1220. The largest absolute Gasteiger partial charge is 0.342 e. The minimum absolute atomic E-state index is 0.0960. The lowest BCUT2D eigenvalue weighted by atomic mass is 10.1. The Hall–Kier alpha value is -3.01. The minimum Gasteiger partial charge on any atom is -0.342 e. The highest BCUT2D eigenvalue weighted by atomic mass is 16.2. The van der Waals surface area contributed by atoms with E-state index in [9.17, 15) is 19.2 Å². The summed E-state index contributed by atoms with van der Waals surface area (Å²) in [5.41, 5.74) is 0.298. The maximum atomic E-state index is 13.7. The Labute approximate surface area is 204 Å². The maximum absolute atomic E-state index is 13.7. The average molecular weight is 485 g/mol. The van der Waals surface area contributed by atoms with E-state index in [0.717, 1.165) is 18.5 Å². The lowest BCUT2D eigenvalue weighted by Gasteiger charge is -2.35. The molecule has 1 saturated carbocycles. The minimum atomic E-state index is -0.577. The summed E-state index contributed by atoms with van der Waals surface area (Å²) in [5, 5.41) is 0.179. The molecule has 1 N–H and O–H groups in total. The molecule has 0 atom stereocenters. The molecule has 10 nitrogen and oxygen atoms in total. The van der Waals surface area contributed by atoms with Gasteiger partial charge < -0.3 is 9.80 Å². The van der Waals surface area contributed by atoms with Crippen molar-refractivity contribution in [3.63, 3.8) is 0 Å². The molecule has 2 aromatic rings. The fourth-order valence-corrected chi connectivity index (χ4v) is 4.73. The van der Waals surface area contributed by atoms with E-state index in [1.54, 1.807) is 11.0 Å².